The lowest BCUT2D eigenvalue weighted by molar-refractivity contribution is -0.138. The van der Waals surface area contributed by atoms with Crippen LogP contribution in [0.5, 0.6) is 0 Å². The second kappa shape index (κ2) is 7.00. The first-order chi connectivity index (χ1) is 8.79. The Balaban J connectivity index is 3.22. The number of rotatable bonds is 5. The highest BCUT2D eigenvalue weighted by Gasteiger charge is 2.25. The Morgan fingerprint density at radius 3 is 2.11 bits per heavy atom. The lowest BCUT2D eigenvalue weighted by atomic mass is 9.90. The molecule has 19 heavy (non-hydrogen) atoms. The SMILES string of the molecule is CCC(CC(N)C(=O)O)c1c(Cl)c(Cl)cc(Cl)c1Cl. The minimum atomic E-state index is -1.07. The van der Waals surface area contributed by atoms with Crippen LogP contribution in [0.1, 0.15) is 31.2 Å². The molecule has 0 amide bonds. The van der Waals surface area contributed by atoms with Crippen molar-refractivity contribution in [2.24, 2.45) is 5.73 Å². The Morgan fingerprint density at radius 1 is 1.26 bits per heavy atom. The lowest BCUT2D eigenvalue weighted by Gasteiger charge is -2.21. The van der Waals surface area contributed by atoms with Crippen molar-refractivity contribution in [1.82, 2.24) is 0 Å². The van der Waals surface area contributed by atoms with Crippen molar-refractivity contribution >= 4 is 52.4 Å². The molecule has 0 aromatic heterocycles. The van der Waals surface area contributed by atoms with Crippen LogP contribution in [0.25, 0.3) is 0 Å². The number of halogens is 4. The number of benzene rings is 1. The summed E-state index contributed by atoms with van der Waals surface area (Å²) < 4.78 is 0. The number of aliphatic carboxylic acids is 1. The fourth-order valence-electron chi connectivity index (χ4n) is 1.85. The molecule has 3 N–H and O–H groups in total. The highest BCUT2D eigenvalue weighted by atomic mass is 35.5. The number of carbonyl (C=O) groups is 1. The van der Waals surface area contributed by atoms with E-state index in [1.165, 1.54) is 6.07 Å². The van der Waals surface area contributed by atoms with Gasteiger partial charge >= 0.3 is 5.97 Å². The minimum Gasteiger partial charge on any atom is -0.480 e. The number of hydrogen-bond donors (Lipinski definition) is 2. The first kappa shape index (κ1) is 16.9. The summed E-state index contributed by atoms with van der Waals surface area (Å²) in [5.41, 5.74) is 6.11. The molecule has 0 heterocycles. The Hall–Kier alpha value is -0.190. The molecular weight excluding hydrogens is 332 g/mol. The van der Waals surface area contributed by atoms with Gasteiger partial charge in [-0.05, 0) is 30.4 Å². The highest BCUT2D eigenvalue weighted by molar-refractivity contribution is 6.48. The van der Waals surface area contributed by atoms with Crippen molar-refractivity contribution in [2.75, 3.05) is 0 Å². The third-order valence-electron chi connectivity index (χ3n) is 2.90. The van der Waals surface area contributed by atoms with Gasteiger partial charge in [-0.1, -0.05) is 53.3 Å². The van der Waals surface area contributed by atoms with Crippen LogP contribution in [-0.2, 0) is 4.79 Å². The predicted molar refractivity (Wildman–Crippen MR) is 79.7 cm³/mol. The van der Waals surface area contributed by atoms with E-state index in [0.29, 0.717) is 22.0 Å². The standard InChI is InChI=1S/C12H13Cl4NO2/c1-2-5(3-8(17)12(18)19)9-10(15)6(13)4-7(14)11(9)16/h4-5,8H,2-3,17H2,1H3,(H,18,19). The fraction of sp³-hybridized carbons (Fsp3) is 0.417. The van der Waals surface area contributed by atoms with E-state index in [1.54, 1.807) is 0 Å². The third kappa shape index (κ3) is 3.89. The van der Waals surface area contributed by atoms with E-state index < -0.39 is 12.0 Å². The van der Waals surface area contributed by atoms with E-state index in [4.69, 9.17) is 57.2 Å². The largest absolute Gasteiger partial charge is 0.480 e. The summed E-state index contributed by atoms with van der Waals surface area (Å²) in [6.07, 6.45) is 0.832. The second-order valence-corrected chi connectivity index (χ2v) is 5.74. The van der Waals surface area contributed by atoms with E-state index >= 15 is 0 Å². The molecule has 1 aromatic carbocycles. The Morgan fingerprint density at radius 2 is 1.74 bits per heavy atom. The molecule has 106 valence electrons. The zero-order valence-corrected chi connectivity index (χ0v) is 13.1. The quantitative estimate of drug-likeness (QED) is 0.767. The highest BCUT2D eigenvalue weighted by Crippen LogP contribution is 2.43. The molecule has 0 aliphatic heterocycles. The zero-order valence-electron chi connectivity index (χ0n) is 10.1. The van der Waals surface area contributed by atoms with Crippen LogP contribution in [0.15, 0.2) is 6.07 Å². The van der Waals surface area contributed by atoms with Gasteiger partial charge in [-0.2, -0.15) is 0 Å². The first-order valence-electron chi connectivity index (χ1n) is 5.60. The zero-order chi connectivity index (χ0) is 14.7. The van der Waals surface area contributed by atoms with Gasteiger partial charge in [-0.25, -0.2) is 0 Å². The molecule has 0 aliphatic rings. The molecule has 1 aromatic rings. The van der Waals surface area contributed by atoms with Crippen molar-refractivity contribution in [2.45, 2.75) is 31.7 Å². The molecule has 0 radical (unpaired) electrons. The molecule has 0 spiro atoms. The molecule has 0 bridgehead atoms. The van der Waals surface area contributed by atoms with Gasteiger partial charge in [0.15, 0.2) is 0 Å². The maximum atomic E-state index is 10.8. The van der Waals surface area contributed by atoms with Gasteiger partial charge in [0, 0.05) is 0 Å². The molecule has 2 unspecified atom stereocenters. The molecule has 1 rings (SSSR count). The first-order valence-corrected chi connectivity index (χ1v) is 7.12. The van der Waals surface area contributed by atoms with Gasteiger partial charge in [0.25, 0.3) is 0 Å². The van der Waals surface area contributed by atoms with Crippen LogP contribution < -0.4 is 5.73 Å². The molecule has 7 heteroatoms. The van der Waals surface area contributed by atoms with Gasteiger partial charge < -0.3 is 10.8 Å². The van der Waals surface area contributed by atoms with Gasteiger partial charge in [0.05, 0.1) is 20.1 Å². The van der Waals surface area contributed by atoms with Crippen LogP contribution >= 0.6 is 46.4 Å². The smallest absolute Gasteiger partial charge is 0.320 e. The summed E-state index contributed by atoms with van der Waals surface area (Å²) in [6, 6.07) is 0.469. The van der Waals surface area contributed by atoms with Gasteiger partial charge in [0.1, 0.15) is 6.04 Å². The average Bonchev–Trinajstić information content (AvgIpc) is 2.35. The Bertz CT molecular complexity index is 467. The van der Waals surface area contributed by atoms with E-state index in [2.05, 4.69) is 0 Å². The van der Waals surface area contributed by atoms with Crippen LogP contribution in [0.2, 0.25) is 20.1 Å². The van der Waals surface area contributed by atoms with Gasteiger partial charge in [-0.3, -0.25) is 4.79 Å². The van der Waals surface area contributed by atoms with Crippen molar-refractivity contribution in [3.05, 3.63) is 31.7 Å². The maximum absolute atomic E-state index is 10.8. The lowest BCUT2D eigenvalue weighted by Crippen LogP contribution is -2.31. The molecular formula is C12H13Cl4NO2. The molecule has 2 atom stereocenters. The summed E-state index contributed by atoms with van der Waals surface area (Å²) in [5, 5.41) is 10.0. The maximum Gasteiger partial charge on any atom is 0.320 e. The number of carboxylic acids is 1. The second-order valence-electron chi connectivity index (χ2n) is 4.17. The van der Waals surface area contributed by atoms with Crippen molar-refractivity contribution in [3.8, 4) is 0 Å². The summed E-state index contributed by atoms with van der Waals surface area (Å²) in [7, 11) is 0. The van der Waals surface area contributed by atoms with E-state index in [-0.39, 0.29) is 22.4 Å². The van der Waals surface area contributed by atoms with E-state index in [9.17, 15) is 4.79 Å². The van der Waals surface area contributed by atoms with Crippen molar-refractivity contribution in [1.29, 1.82) is 0 Å². The summed E-state index contributed by atoms with van der Waals surface area (Å²) in [6.45, 7) is 1.89. The molecule has 3 nitrogen and oxygen atoms in total. The minimum absolute atomic E-state index is 0.210. The average molecular weight is 345 g/mol. The summed E-state index contributed by atoms with van der Waals surface area (Å²) in [4.78, 5) is 10.8. The normalized spacial score (nSPS) is 14.2. The topological polar surface area (TPSA) is 63.3 Å². The van der Waals surface area contributed by atoms with Crippen LogP contribution in [0.3, 0.4) is 0 Å². The molecule has 0 fully saturated rings. The van der Waals surface area contributed by atoms with Crippen molar-refractivity contribution < 1.29 is 9.90 Å². The molecule has 0 saturated carbocycles. The Kier molecular flexibility index (Phi) is 6.21. The number of carboxylic acid groups (broad SMARTS) is 1. The van der Waals surface area contributed by atoms with Crippen LogP contribution in [0, 0.1) is 0 Å². The monoisotopic (exact) mass is 343 g/mol. The van der Waals surface area contributed by atoms with E-state index in [0.717, 1.165) is 0 Å². The molecule has 0 aliphatic carbocycles. The number of nitrogens with two attached hydrogens (primary N) is 1. The number of hydrogen-bond acceptors (Lipinski definition) is 2. The van der Waals surface area contributed by atoms with E-state index in [1.807, 2.05) is 6.92 Å². The van der Waals surface area contributed by atoms with Crippen LogP contribution in [0.4, 0.5) is 0 Å². The molecule has 0 saturated heterocycles. The summed E-state index contributed by atoms with van der Waals surface area (Å²) in [5.74, 6) is -1.29. The van der Waals surface area contributed by atoms with Crippen molar-refractivity contribution in [3.63, 3.8) is 0 Å². The van der Waals surface area contributed by atoms with Gasteiger partial charge in [-0.15, -0.1) is 0 Å². The van der Waals surface area contributed by atoms with Gasteiger partial charge in [0.2, 0.25) is 0 Å². The van der Waals surface area contributed by atoms with Crippen LogP contribution in [-0.4, -0.2) is 17.1 Å². The fourth-order valence-corrected chi connectivity index (χ4v) is 2.98. The third-order valence-corrected chi connectivity index (χ3v) is 4.51. The summed E-state index contributed by atoms with van der Waals surface area (Å²) >= 11 is 24.2. The predicted octanol–water partition coefficient (Wildman–Crippen LogP) is 4.60. The Labute approximate surface area is 131 Å².